The summed E-state index contributed by atoms with van der Waals surface area (Å²) in [5.74, 6) is 1.06. The summed E-state index contributed by atoms with van der Waals surface area (Å²) in [5, 5.41) is 8.35. The molecule has 138 valence electrons. The summed E-state index contributed by atoms with van der Waals surface area (Å²) >= 11 is 0. The predicted molar refractivity (Wildman–Crippen MR) is 103 cm³/mol. The minimum absolute atomic E-state index is 0.555. The van der Waals surface area contributed by atoms with Crippen molar-refractivity contribution in [1.82, 2.24) is 24.4 Å². The van der Waals surface area contributed by atoms with Crippen LogP contribution in [0, 0.1) is 13.8 Å². The topological polar surface area (TPSA) is 48.7 Å². The molecule has 6 nitrogen and oxygen atoms in total. The van der Waals surface area contributed by atoms with E-state index in [1.165, 1.54) is 5.56 Å². The molecular weight excluding hydrogens is 312 g/mol. The van der Waals surface area contributed by atoms with Crippen LogP contribution in [0.3, 0.4) is 0 Å². The fourth-order valence-corrected chi connectivity index (χ4v) is 3.53. The van der Waals surface area contributed by atoms with Gasteiger partial charge in [-0.15, -0.1) is 0 Å². The van der Waals surface area contributed by atoms with Crippen molar-refractivity contribution in [2.45, 2.75) is 46.6 Å². The Morgan fingerprint density at radius 2 is 1.88 bits per heavy atom. The molecule has 2 aromatic heterocycles. The second-order valence-corrected chi connectivity index (χ2v) is 7.21. The highest BCUT2D eigenvalue weighted by Crippen LogP contribution is 2.19. The largest absolute Gasteiger partial charge is 0.368 e. The minimum Gasteiger partial charge on any atom is -0.368 e. The fourth-order valence-electron chi connectivity index (χ4n) is 3.53. The molecule has 1 saturated heterocycles. The Bertz CT molecular complexity index is 714. The summed E-state index contributed by atoms with van der Waals surface area (Å²) in [6.07, 6.45) is 2.09. The summed E-state index contributed by atoms with van der Waals surface area (Å²) < 4.78 is 1.97. The van der Waals surface area contributed by atoms with Crippen LogP contribution in [0.25, 0.3) is 5.65 Å². The van der Waals surface area contributed by atoms with E-state index in [-0.39, 0.29) is 0 Å². The van der Waals surface area contributed by atoms with Gasteiger partial charge >= 0.3 is 0 Å². The molecule has 6 heteroatoms. The summed E-state index contributed by atoms with van der Waals surface area (Å²) in [6, 6.07) is 2.70. The molecule has 0 amide bonds. The van der Waals surface area contributed by atoms with Gasteiger partial charge in [0.1, 0.15) is 5.82 Å². The number of hydrogen-bond acceptors (Lipinski definition) is 5. The van der Waals surface area contributed by atoms with Gasteiger partial charge in [0.25, 0.3) is 0 Å². The van der Waals surface area contributed by atoms with Gasteiger partial charge in [0.05, 0.1) is 5.69 Å². The molecule has 25 heavy (non-hydrogen) atoms. The standard InChI is InChI=1S/C19H32N6/c1-6-16-12-18(25-19(21-16)14(3)15(4)22-25)20-13-17(7-2)24-10-8-23(5)9-11-24/h12,17,20H,6-11,13H2,1-5H3/t17-/m0/s1. The Hall–Kier alpha value is -1.66. The third kappa shape index (κ3) is 3.80. The predicted octanol–water partition coefficient (Wildman–Crippen LogP) is 2.35. The number of aryl methyl sites for hydroxylation is 3. The van der Waals surface area contributed by atoms with Crippen molar-refractivity contribution in [2.75, 3.05) is 45.1 Å². The molecule has 1 aliphatic rings. The van der Waals surface area contributed by atoms with E-state index >= 15 is 0 Å². The van der Waals surface area contributed by atoms with Crippen molar-refractivity contribution >= 4 is 11.5 Å². The Balaban J connectivity index is 1.78. The molecule has 1 N–H and O–H groups in total. The van der Waals surface area contributed by atoms with Crippen molar-refractivity contribution in [2.24, 2.45) is 0 Å². The van der Waals surface area contributed by atoms with Crippen LogP contribution in [-0.4, -0.2) is 70.2 Å². The molecule has 0 unspecified atom stereocenters. The molecule has 1 fully saturated rings. The van der Waals surface area contributed by atoms with E-state index in [0.717, 1.165) is 68.4 Å². The van der Waals surface area contributed by atoms with E-state index in [1.807, 2.05) is 4.52 Å². The molecule has 0 saturated carbocycles. The van der Waals surface area contributed by atoms with Gasteiger partial charge in [0, 0.05) is 56.1 Å². The quantitative estimate of drug-likeness (QED) is 0.872. The molecule has 1 atom stereocenters. The lowest BCUT2D eigenvalue weighted by atomic mass is 10.1. The molecule has 1 aliphatic heterocycles. The van der Waals surface area contributed by atoms with Gasteiger partial charge in [0.15, 0.2) is 5.65 Å². The number of rotatable bonds is 6. The van der Waals surface area contributed by atoms with Gasteiger partial charge in [0.2, 0.25) is 0 Å². The summed E-state index contributed by atoms with van der Waals surface area (Å²) in [7, 11) is 2.21. The lowest BCUT2D eigenvalue weighted by molar-refractivity contribution is 0.114. The van der Waals surface area contributed by atoms with Crippen molar-refractivity contribution in [1.29, 1.82) is 0 Å². The van der Waals surface area contributed by atoms with Gasteiger partial charge in [-0.05, 0) is 33.7 Å². The molecule has 0 bridgehead atoms. The fraction of sp³-hybridized carbons (Fsp3) is 0.684. The zero-order valence-corrected chi connectivity index (χ0v) is 16.3. The van der Waals surface area contributed by atoms with Crippen LogP contribution in [0.15, 0.2) is 6.07 Å². The lowest BCUT2D eigenvalue weighted by Gasteiger charge is -2.37. The minimum atomic E-state index is 0.555. The van der Waals surface area contributed by atoms with Crippen LogP contribution in [0.2, 0.25) is 0 Å². The average Bonchev–Trinajstić information content (AvgIpc) is 2.91. The van der Waals surface area contributed by atoms with Crippen molar-refractivity contribution in [3.63, 3.8) is 0 Å². The molecule has 0 radical (unpaired) electrons. The highest BCUT2D eigenvalue weighted by atomic mass is 15.3. The number of nitrogens with one attached hydrogen (secondary N) is 1. The van der Waals surface area contributed by atoms with Crippen LogP contribution in [0.5, 0.6) is 0 Å². The van der Waals surface area contributed by atoms with Crippen molar-refractivity contribution < 1.29 is 0 Å². The SMILES string of the molecule is CCc1cc(NC[C@H](CC)N2CCN(C)CC2)n2nc(C)c(C)c2n1. The maximum absolute atomic E-state index is 4.76. The first-order valence-electron chi connectivity index (χ1n) is 9.55. The number of aromatic nitrogens is 3. The number of anilines is 1. The van der Waals surface area contributed by atoms with Crippen LogP contribution >= 0.6 is 0 Å². The van der Waals surface area contributed by atoms with E-state index in [9.17, 15) is 0 Å². The number of piperazine rings is 1. The molecule has 2 aromatic rings. The number of hydrogen-bond donors (Lipinski definition) is 1. The summed E-state index contributed by atoms with van der Waals surface area (Å²) in [5.41, 5.74) is 4.32. The number of likely N-dealkylation sites (N-methyl/N-ethyl adjacent to an activating group) is 1. The lowest BCUT2D eigenvalue weighted by Crippen LogP contribution is -2.50. The Kier molecular flexibility index (Phi) is 5.59. The molecule has 0 aromatic carbocycles. The molecular formula is C19H32N6. The summed E-state index contributed by atoms with van der Waals surface area (Å²) in [4.78, 5) is 9.79. The molecule has 0 spiro atoms. The second-order valence-electron chi connectivity index (χ2n) is 7.21. The van der Waals surface area contributed by atoms with E-state index in [0.29, 0.717) is 6.04 Å². The second kappa shape index (κ2) is 7.70. The zero-order valence-electron chi connectivity index (χ0n) is 16.3. The van der Waals surface area contributed by atoms with E-state index < -0.39 is 0 Å². The molecule has 3 rings (SSSR count). The van der Waals surface area contributed by atoms with E-state index in [2.05, 4.69) is 61.0 Å². The third-order valence-electron chi connectivity index (χ3n) is 5.52. The van der Waals surface area contributed by atoms with Gasteiger partial charge in [-0.2, -0.15) is 9.61 Å². The Morgan fingerprint density at radius 1 is 1.16 bits per heavy atom. The molecule has 0 aliphatic carbocycles. The first-order chi connectivity index (χ1) is 12.0. The van der Waals surface area contributed by atoms with Crippen LogP contribution in [-0.2, 0) is 6.42 Å². The highest BCUT2D eigenvalue weighted by Gasteiger charge is 2.21. The van der Waals surface area contributed by atoms with Crippen molar-refractivity contribution in [3.05, 3.63) is 23.0 Å². The highest BCUT2D eigenvalue weighted by molar-refractivity contribution is 5.56. The maximum atomic E-state index is 4.76. The number of fused-ring (bicyclic) bond motifs is 1. The van der Waals surface area contributed by atoms with E-state index in [1.54, 1.807) is 0 Å². The Morgan fingerprint density at radius 3 is 2.52 bits per heavy atom. The van der Waals surface area contributed by atoms with Gasteiger partial charge in [-0.3, -0.25) is 4.90 Å². The van der Waals surface area contributed by atoms with Gasteiger partial charge in [-0.1, -0.05) is 13.8 Å². The first-order valence-corrected chi connectivity index (χ1v) is 9.55. The smallest absolute Gasteiger partial charge is 0.160 e. The molecule has 3 heterocycles. The Labute approximate surface area is 151 Å². The van der Waals surface area contributed by atoms with Crippen LogP contribution < -0.4 is 5.32 Å². The van der Waals surface area contributed by atoms with Crippen LogP contribution in [0.1, 0.15) is 37.2 Å². The monoisotopic (exact) mass is 344 g/mol. The summed E-state index contributed by atoms with van der Waals surface area (Å²) in [6.45, 7) is 14.2. The maximum Gasteiger partial charge on any atom is 0.160 e. The van der Waals surface area contributed by atoms with Gasteiger partial charge in [-0.25, -0.2) is 4.98 Å². The normalized spacial score (nSPS) is 18.0. The van der Waals surface area contributed by atoms with Gasteiger partial charge < -0.3 is 10.2 Å². The zero-order chi connectivity index (χ0) is 18.0. The average molecular weight is 345 g/mol. The van der Waals surface area contributed by atoms with E-state index in [4.69, 9.17) is 4.98 Å². The number of nitrogens with zero attached hydrogens (tertiary/aromatic N) is 5. The first kappa shape index (κ1) is 18.1. The third-order valence-corrected chi connectivity index (χ3v) is 5.52. The van der Waals surface area contributed by atoms with Crippen LogP contribution in [0.4, 0.5) is 5.82 Å². The van der Waals surface area contributed by atoms with Crippen molar-refractivity contribution in [3.8, 4) is 0 Å².